The van der Waals surface area contributed by atoms with E-state index in [4.69, 9.17) is 5.73 Å². The van der Waals surface area contributed by atoms with E-state index in [1.54, 1.807) is 6.07 Å². The molecule has 0 fully saturated rings. The molecule has 0 bridgehead atoms. The van der Waals surface area contributed by atoms with Crippen LogP contribution in [0.1, 0.15) is 23.7 Å². The van der Waals surface area contributed by atoms with Crippen LogP contribution in [0.25, 0.3) is 11.1 Å². The maximum absolute atomic E-state index is 11.6. The van der Waals surface area contributed by atoms with Crippen molar-refractivity contribution in [1.82, 2.24) is 0 Å². The normalized spacial score (nSPS) is 10.2. The minimum atomic E-state index is 0.122. The maximum Gasteiger partial charge on any atom is 0.162 e. The highest BCUT2D eigenvalue weighted by molar-refractivity contribution is 5.98. The number of nitrogens with two attached hydrogens (primary N) is 1. The number of hydrogen-bond donors (Lipinski definition) is 1. The van der Waals surface area contributed by atoms with E-state index in [0.717, 1.165) is 11.1 Å². The molecule has 86 valence electrons. The van der Waals surface area contributed by atoms with E-state index in [0.29, 0.717) is 17.7 Å². The number of ketones is 1. The van der Waals surface area contributed by atoms with Crippen molar-refractivity contribution in [2.24, 2.45) is 0 Å². The van der Waals surface area contributed by atoms with E-state index in [-0.39, 0.29) is 5.78 Å². The lowest BCUT2D eigenvalue weighted by Crippen LogP contribution is -1.99. The number of carbonyl (C=O) groups is 1. The second-order valence-corrected chi connectivity index (χ2v) is 3.94. The molecule has 2 heteroatoms. The van der Waals surface area contributed by atoms with Crippen molar-refractivity contribution in [2.45, 2.75) is 13.3 Å². The van der Waals surface area contributed by atoms with Crippen LogP contribution in [0.2, 0.25) is 0 Å². The second kappa shape index (κ2) is 4.83. The Bertz CT molecular complexity index is 532. The van der Waals surface area contributed by atoms with Gasteiger partial charge in [-0.25, -0.2) is 0 Å². The minimum Gasteiger partial charge on any atom is -0.398 e. The molecule has 0 amide bonds. The average molecular weight is 225 g/mol. The van der Waals surface area contributed by atoms with Gasteiger partial charge in [-0.15, -0.1) is 0 Å². The Morgan fingerprint density at radius 2 is 1.82 bits per heavy atom. The molecule has 0 aromatic heterocycles. The fraction of sp³-hybridized carbons (Fsp3) is 0.133. The van der Waals surface area contributed by atoms with Gasteiger partial charge in [-0.3, -0.25) is 4.79 Å². The topological polar surface area (TPSA) is 43.1 Å². The molecule has 2 aromatic rings. The number of hydrogen-bond acceptors (Lipinski definition) is 2. The molecule has 0 spiro atoms. The molecule has 0 radical (unpaired) electrons. The first-order chi connectivity index (χ1) is 8.22. The highest BCUT2D eigenvalue weighted by Crippen LogP contribution is 2.26. The summed E-state index contributed by atoms with van der Waals surface area (Å²) in [5.74, 6) is 0.122. The monoisotopic (exact) mass is 225 g/mol. The number of nitrogen functional groups attached to an aromatic ring is 1. The van der Waals surface area contributed by atoms with Crippen molar-refractivity contribution >= 4 is 11.5 Å². The molecule has 0 aliphatic rings. The van der Waals surface area contributed by atoms with Gasteiger partial charge in [0.25, 0.3) is 0 Å². The number of Topliss-reactive ketones (excluding diaryl/α,β-unsaturated/α-hetero) is 1. The molecule has 0 unspecified atom stereocenters. The van der Waals surface area contributed by atoms with Crippen LogP contribution in [0, 0.1) is 0 Å². The van der Waals surface area contributed by atoms with Gasteiger partial charge in [0.1, 0.15) is 0 Å². The van der Waals surface area contributed by atoms with Gasteiger partial charge in [0.05, 0.1) is 0 Å². The molecule has 2 N–H and O–H groups in total. The molecule has 0 saturated carbocycles. The maximum atomic E-state index is 11.6. The highest BCUT2D eigenvalue weighted by atomic mass is 16.1. The summed E-state index contributed by atoms with van der Waals surface area (Å²) >= 11 is 0. The van der Waals surface area contributed by atoms with Gasteiger partial charge < -0.3 is 5.73 Å². The van der Waals surface area contributed by atoms with Crippen LogP contribution in [-0.4, -0.2) is 5.78 Å². The third kappa shape index (κ3) is 2.36. The van der Waals surface area contributed by atoms with Crippen LogP contribution in [0.5, 0.6) is 0 Å². The second-order valence-electron chi connectivity index (χ2n) is 3.94. The lowest BCUT2D eigenvalue weighted by Gasteiger charge is -2.07. The first-order valence-corrected chi connectivity index (χ1v) is 5.70. The fourth-order valence-electron chi connectivity index (χ4n) is 1.82. The van der Waals surface area contributed by atoms with Gasteiger partial charge in [-0.1, -0.05) is 49.4 Å². The van der Waals surface area contributed by atoms with Crippen molar-refractivity contribution in [3.8, 4) is 11.1 Å². The molecule has 2 nitrogen and oxygen atoms in total. The van der Waals surface area contributed by atoms with Crippen LogP contribution < -0.4 is 5.73 Å². The molecule has 0 heterocycles. The van der Waals surface area contributed by atoms with Crippen molar-refractivity contribution in [2.75, 3.05) is 5.73 Å². The SMILES string of the molecule is CCC(=O)c1ccc(-c2ccccc2)c(N)c1. The molecule has 0 aliphatic carbocycles. The van der Waals surface area contributed by atoms with Crippen LogP contribution in [-0.2, 0) is 0 Å². The Hall–Kier alpha value is -2.09. The molecule has 2 rings (SSSR count). The summed E-state index contributed by atoms with van der Waals surface area (Å²) in [7, 11) is 0. The van der Waals surface area contributed by atoms with Gasteiger partial charge in [0.2, 0.25) is 0 Å². The van der Waals surface area contributed by atoms with Crippen LogP contribution >= 0.6 is 0 Å². The van der Waals surface area contributed by atoms with Gasteiger partial charge in [0.15, 0.2) is 5.78 Å². The average Bonchev–Trinajstić information content (AvgIpc) is 2.38. The summed E-state index contributed by atoms with van der Waals surface area (Å²) in [5.41, 5.74) is 9.37. The third-order valence-corrected chi connectivity index (χ3v) is 2.78. The molecular formula is C15H15NO. The Labute approximate surface area is 101 Å². The quantitative estimate of drug-likeness (QED) is 0.641. The van der Waals surface area contributed by atoms with Crippen LogP contribution in [0.3, 0.4) is 0 Å². The van der Waals surface area contributed by atoms with Gasteiger partial charge in [-0.05, 0) is 11.6 Å². The number of benzene rings is 2. The summed E-state index contributed by atoms with van der Waals surface area (Å²) in [6, 6.07) is 15.4. The minimum absolute atomic E-state index is 0.122. The molecule has 2 aromatic carbocycles. The summed E-state index contributed by atoms with van der Waals surface area (Å²) in [6.45, 7) is 1.85. The van der Waals surface area contributed by atoms with Crippen LogP contribution in [0.4, 0.5) is 5.69 Å². The zero-order chi connectivity index (χ0) is 12.3. The summed E-state index contributed by atoms with van der Waals surface area (Å²) in [4.78, 5) is 11.6. The highest BCUT2D eigenvalue weighted by Gasteiger charge is 2.07. The predicted octanol–water partition coefficient (Wildman–Crippen LogP) is 3.53. The standard InChI is InChI=1S/C15H15NO/c1-2-15(17)12-8-9-13(14(16)10-12)11-6-4-3-5-7-11/h3-10H,2,16H2,1H3. The smallest absolute Gasteiger partial charge is 0.162 e. The summed E-state index contributed by atoms with van der Waals surface area (Å²) < 4.78 is 0. The van der Waals surface area contributed by atoms with E-state index in [1.165, 1.54) is 0 Å². The Morgan fingerprint density at radius 1 is 1.12 bits per heavy atom. The van der Waals surface area contributed by atoms with Crippen molar-refractivity contribution in [1.29, 1.82) is 0 Å². The molecule has 17 heavy (non-hydrogen) atoms. The number of rotatable bonds is 3. The van der Waals surface area contributed by atoms with Crippen LogP contribution in [0.15, 0.2) is 48.5 Å². The van der Waals surface area contributed by atoms with Crippen molar-refractivity contribution < 1.29 is 4.79 Å². The van der Waals surface area contributed by atoms with E-state index >= 15 is 0 Å². The Balaban J connectivity index is 2.42. The van der Waals surface area contributed by atoms with Gasteiger partial charge in [0, 0.05) is 23.2 Å². The number of anilines is 1. The first kappa shape index (κ1) is 11.4. The third-order valence-electron chi connectivity index (χ3n) is 2.78. The zero-order valence-corrected chi connectivity index (χ0v) is 9.81. The fourth-order valence-corrected chi connectivity index (χ4v) is 1.82. The first-order valence-electron chi connectivity index (χ1n) is 5.70. The van der Waals surface area contributed by atoms with Gasteiger partial charge in [-0.2, -0.15) is 0 Å². The van der Waals surface area contributed by atoms with Crippen molar-refractivity contribution in [3.63, 3.8) is 0 Å². The van der Waals surface area contributed by atoms with E-state index in [9.17, 15) is 4.79 Å². The Morgan fingerprint density at radius 3 is 2.41 bits per heavy atom. The lowest BCUT2D eigenvalue weighted by atomic mass is 10.00. The summed E-state index contributed by atoms with van der Waals surface area (Å²) in [6.07, 6.45) is 0.504. The Kier molecular flexibility index (Phi) is 3.24. The predicted molar refractivity (Wildman–Crippen MR) is 70.9 cm³/mol. The number of carbonyl (C=O) groups excluding carboxylic acids is 1. The van der Waals surface area contributed by atoms with E-state index < -0.39 is 0 Å². The molecule has 0 aliphatic heterocycles. The van der Waals surface area contributed by atoms with E-state index in [2.05, 4.69) is 0 Å². The molecule has 0 atom stereocenters. The molecule has 0 saturated heterocycles. The van der Waals surface area contributed by atoms with E-state index in [1.807, 2.05) is 49.4 Å². The van der Waals surface area contributed by atoms with Crippen molar-refractivity contribution in [3.05, 3.63) is 54.1 Å². The summed E-state index contributed by atoms with van der Waals surface area (Å²) in [5, 5.41) is 0. The van der Waals surface area contributed by atoms with Gasteiger partial charge >= 0.3 is 0 Å². The lowest BCUT2D eigenvalue weighted by molar-refractivity contribution is 0.0988. The largest absolute Gasteiger partial charge is 0.398 e. The molecular weight excluding hydrogens is 210 g/mol. The zero-order valence-electron chi connectivity index (χ0n) is 9.81.